The Morgan fingerprint density at radius 2 is 2.19 bits per heavy atom. The predicted octanol–water partition coefficient (Wildman–Crippen LogP) is 1.03. The van der Waals surface area contributed by atoms with E-state index in [0.29, 0.717) is 11.8 Å². The number of carbonyl (C=O) groups excluding carboxylic acids is 2. The first kappa shape index (κ1) is 10.5. The molecule has 0 radical (unpaired) electrons. The number of carbonyl (C=O) groups is 3. The number of hydrogen-bond acceptors (Lipinski definition) is 5. The van der Waals surface area contributed by atoms with Gasteiger partial charge in [-0.25, -0.2) is 4.79 Å². The van der Waals surface area contributed by atoms with Crippen LogP contribution in [0.5, 0.6) is 5.75 Å². The van der Waals surface area contributed by atoms with Crippen molar-refractivity contribution in [3.8, 4) is 5.75 Å². The van der Waals surface area contributed by atoms with E-state index in [1.807, 2.05) is 5.32 Å². The number of nitrogens with one attached hydrogen (secondary N) is 2. The van der Waals surface area contributed by atoms with Crippen molar-refractivity contribution in [3.63, 3.8) is 0 Å². The normalized spacial score (nSPS) is 15.6. The van der Waals surface area contributed by atoms with E-state index < -0.39 is 54.2 Å². The molecule has 21 heavy (non-hydrogen) atoms. The van der Waals surface area contributed by atoms with E-state index in [2.05, 4.69) is 5.32 Å². The number of benzene rings is 1. The van der Waals surface area contributed by atoms with Gasteiger partial charge in [0, 0.05) is 29.3 Å². The van der Waals surface area contributed by atoms with Gasteiger partial charge in [-0.15, -0.1) is 11.8 Å². The van der Waals surface area contributed by atoms with Gasteiger partial charge < -0.3 is 20.8 Å². The standard InChI is InChI=1S/C13H16N2O5S/c1-7(16)14-9-3-4-11(18)12(5-9)21-6-10(13(19)20)15-8(2)17/h3-5,10,18H,6H2,1-2H3,(H,14,16)(H,15,17)(H,19,20)/t10-/m1/s1/i1D3,3D,5D. The molecule has 7 nitrogen and oxygen atoms in total. The fourth-order valence-corrected chi connectivity index (χ4v) is 2.24. The second-order valence-electron chi connectivity index (χ2n) is 3.86. The lowest BCUT2D eigenvalue weighted by Gasteiger charge is -2.14. The van der Waals surface area contributed by atoms with Crippen molar-refractivity contribution in [3.05, 3.63) is 18.2 Å². The average molecular weight is 317 g/mol. The Bertz CT molecular complexity index is 741. The summed E-state index contributed by atoms with van der Waals surface area (Å²) < 4.78 is 36.7. The van der Waals surface area contributed by atoms with Crippen LogP contribution in [0, 0.1) is 0 Å². The highest BCUT2D eigenvalue weighted by atomic mass is 32.2. The van der Waals surface area contributed by atoms with Gasteiger partial charge in [-0.1, -0.05) is 0 Å². The lowest BCUT2D eigenvalue weighted by molar-refractivity contribution is -0.140. The van der Waals surface area contributed by atoms with Crippen LogP contribution in [0.15, 0.2) is 23.0 Å². The van der Waals surface area contributed by atoms with Gasteiger partial charge in [0.05, 0.1) is 7.64 Å². The molecule has 0 heterocycles. The molecular weight excluding hydrogens is 296 g/mol. The average Bonchev–Trinajstić information content (AvgIpc) is 2.48. The van der Waals surface area contributed by atoms with Gasteiger partial charge >= 0.3 is 5.97 Å². The number of thioether (sulfide) groups is 1. The number of carboxylic acid groups (broad SMARTS) is 1. The molecule has 0 aliphatic carbocycles. The summed E-state index contributed by atoms with van der Waals surface area (Å²) in [6.45, 7) is -1.87. The number of carboxylic acids is 1. The number of hydrogen-bond donors (Lipinski definition) is 4. The van der Waals surface area contributed by atoms with Crippen molar-refractivity contribution >= 4 is 35.2 Å². The summed E-state index contributed by atoms with van der Waals surface area (Å²) in [6, 6.07) is -1.42. The third-order valence-corrected chi connectivity index (χ3v) is 3.23. The van der Waals surface area contributed by atoms with Crippen LogP contribution in [0.1, 0.15) is 20.6 Å². The van der Waals surface area contributed by atoms with E-state index in [4.69, 9.17) is 12.0 Å². The lowest BCUT2D eigenvalue weighted by atomic mass is 10.3. The summed E-state index contributed by atoms with van der Waals surface area (Å²) >= 11 is 0.701. The Kier molecular flexibility index (Phi) is 3.77. The molecule has 0 saturated carbocycles. The summed E-state index contributed by atoms with van der Waals surface area (Å²) in [6.07, 6.45) is 0. The smallest absolute Gasteiger partial charge is 0.327 e. The number of rotatable bonds is 6. The Labute approximate surface area is 132 Å². The van der Waals surface area contributed by atoms with E-state index >= 15 is 0 Å². The van der Waals surface area contributed by atoms with Crippen LogP contribution in [-0.4, -0.2) is 39.8 Å². The fraction of sp³-hybridized carbons (Fsp3) is 0.308. The van der Waals surface area contributed by atoms with Crippen LogP contribution in [0.4, 0.5) is 5.69 Å². The summed E-state index contributed by atoms with van der Waals surface area (Å²) in [5.41, 5.74) is -0.433. The number of anilines is 1. The summed E-state index contributed by atoms with van der Waals surface area (Å²) in [5.74, 6) is -4.07. The van der Waals surface area contributed by atoms with Crippen LogP contribution < -0.4 is 10.6 Å². The molecule has 0 fully saturated rings. The molecule has 0 aliphatic heterocycles. The highest BCUT2D eigenvalue weighted by molar-refractivity contribution is 7.99. The van der Waals surface area contributed by atoms with Gasteiger partial charge in [0.1, 0.15) is 11.8 Å². The van der Waals surface area contributed by atoms with Crippen molar-refractivity contribution in [2.75, 3.05) is 11.1 Å². The zero-order valence-corrected chi connectivity index (χ0v) is 11.7. The maximum atomic E-state index is 11.6. The highest BCUT2D eigenvalue weighted by Crippen LogP contribution is 2.31. The number of phenolic OH excluding ortho intramolecular Hbond substituents is 1. The SMILES string of the molecule is [2H]c1cc(O)c(SC[C@@H](NC(C)=O)C(=O)O)c([2H])c1NC(=O)C([2H])([2H])[2H]. The Morgan fingerprint density at radius 1 is 1.48 bits per heavy atom. The molecule has 0 saturated heterocycles. The van der Waals surface area contributed by atoms with Crippen molar-refractivity contribution < 1.29 is 31.5 Å². The van der Waals surface area contributed by atoms with Crippen molar-refractivity contribution in [1.29, 1.82) is 0 Å². The summed E-state index contributed by atoms with van der Waals surface area (Å²) in [7, 11) is 0. The molecule has 0 spiro atoms. The molecule has 8 heteroatoms. The van der Waals surface area contributed by atoms with Crippen LogP contribution in [0.25, 0.3) is 0 Å². The zero-order valence-electron chi connectivity index (χ0n) is 15.9. The monoisotopic (exact) mass is 317 g/mol. The molecule has 1 rings (SSSR count). The Balaban J connectivity index is 3.12. The molecule has 1 atom stereocenters. The molecule has 114 valence electrons. The number of aliphatic carboxylic acids is 1. The van der Waals surface area contributed by atoms with Crippen molar-refractivity contribution in [1.82, 2.24) is 5.32 Å². The summed E-state index contributed by atoms with van der Waals surface area (Å²) in [4.78, 5) is 33.5. The quantitative estimate of drug-likeness (QED) is 0.460. The first-order valence-corrected chi connectivity index (χ1v) is 6.60. The lowest BCUT2D eigenvalue weighted by Crippen LogP contribution is -2.41. The molecule has 0 aromatic heterocycles. The molecule has 4 N–H and O–H groups in total. The van der Waals surface area contributed by atoms with Gasteiger partial charge in [-0.2, -0.15) is 0 Å². The zero-order chi connectivity index (χ0) is 20.2. The molecule has 0 bridgehead atoms. The van der Waals surface area contributed by atoms with E-state index in [-0.39, 0.29) is 10.6 Å². The molecule has 1 aromatic carbocycles. The van der Waals surface area contributed by atoms with Crippen molar-refractivity contribution in [2.24, 2.45) is 0 Å². The van der Waals surface area contributed by atoms with E-state index in [1.165, 1.54) is 0 Å². The minimum absolute atomic E-state index is 0.168. The minimum Gasteiger partial charge on any atom is -0.507 e. The van der Waals surface area contributed by atoms with E-state index in [0.717, 1.165) is 13.0 Å². The third-order valence-electron chi connectivity index (χ3n) is 2.13. The number of amides is 2. The maximum Gasteiger partial charge on any atom is 0.327 e. The number of aromatic hydroxyl groups is 1. The molecule has 0 aliphatic rings. The molecule has 1 aromatic rings. The molecule has 0 unspecified atom stereocenters. The highest BCUT2D eigenvalue weighted by Gasteiger charge is 2.19. The molecule has 2 amide bonds. The van der Waals surface area contributed by atoms with Crippen LogP contribution in [-0.2, 0) is 14.4 Å². The molecular formula is C13H16N2O5S. The largest absolute Gasteiger partial charge is 0.507 e. The van der Waals surface area contributed by atoms with E-state index in [9.17, 15) is 19.5 Å². The third kappa shape index (κ3) is 5.74. The van der Waals surface area contributed by atoms with Gasteiger partial charge in [0.15, 0.2) is 0 Å². The first-order chi connectivity index (χ1) is 11.8. The predicted molar refractivity (Wildman–Crippen MR) is 78.4 cm³/mol. The van der Waals surface area contributed by atoms with E-state index in [1.54, 1.807) is 0 Å². The Hall–Kier alpha value is -2.22. The second kappa shape index (κ2) is 7.53. The van der Waals surface area contributed by atoms with Gasteiger partial charge in [0.25, 0.3) is 0 Å². The topological polar surface area (TPSA) is 116 Å². The van der Waals surface area contributed by atoms with Crippen LogP contribution >= 0.6 is 11.8 Å². The summed E-state index contributed by atoms with van der Waals surface area (Å²) in [5, 5.41) is 23.1. The first-order valence-electron chi connectivity index (χ1n) is 8.12. The van der Waals surface area contributed by atoms with Gasteiger partial charge in [-0.3, -0.25) is 9.59 Å². The Morgan fingerprint density at radius 3 is 2.76 bits per heavy atom. The van der Waals surface area contributed by atoms with Crippen molar-refractivity contribution in [2.45, 2.75) is 24.7 Å². The second-order valence-corrected chi connectivity index (χ2v) is 4.89. The minimum atomic E-state index is -3.00. The van der Waals surface area contributed by atoms with Gasteiger partial charge in [-0.05, 0) is 18.2 Å². The van der Waals surface area contributed by atoms with Crippen LogP contribution in [0.3, 0.4) is 0 Å². The number of phenols is 1. The van der Waals surface area contributed by atoms with Gasteiger partial charge in [0.2, 0.25) is 11.8 Å². The van der Waals surface area contributed by atoms with Crippen LogP contribution in [0.2, 0.25) is 0 Å². The maximum absolute atomic E-state index is 11.6. The fourth-order valence-electron chi connectivity index (χ4n) is 1.30.